The van der Waals surface area contributed by atoms with Crippen molar-refractivity contribution in [3.8, 4) is 11.5 Å². The first-order chi connectivity index (χ1) is 14.7. The van der Waals surface area contributed by atoms with Crippen LogP contribution in [0.15, 0.2) is 59.5 Å². The summed E-state index contributed by atoms with van der Waals surface area (Å²) >= 11 is 0. The molecule has 2 aromatic carbocycles. The van der Waals surface area contributed by atoms with Crippen LogP contribution in [0.4, 0.5) is 0 Å². The van der Waals surface area contributed by atoms with Crippen LogP contribution in [-0.4, -0.2) is 32.5 Å². The molecule has 0 unspecified atom stereocenters. The third-order valence-electron chi connectivity index (χ3n) is 5.97. The monoisotopic (exact) mass is 400 g/mol. The van der Waals surface area contributed by atoms with Crippen molar-refractivity contribution >= 4 is 11.0 Å². The summed E-state index contributed by atoms with van der Waals surface area (Å²) in [4.78, 5) is 11.8. The molecule has 5 rings (SSSR count). The fourth-order valence-corrected chi connectivity index (χ4v) is 4.28. The molecule has 154 valence electrons. The third kappa shape index (κ3) is 4.17. The van der Waals surface area contributed by atoms with Gasteiger partial charge in [0.2, 0.25) is 5.89 Å². The van der Waals surface area contributed by atoms with Crippen LogP contribution < -0.4 is 0 Å². The molecule has 2 aromatic heterocycles. The largest absolute Gasteiger partial charge is 0.444 e. The molecule has 0 N–H and O–H groups in total. The number of hydrogen-bond acceptors (Lipinski definition) is 4. The molecule has 0 bridgehead atoms. The maximum absolute atomic E-state index is 5.79. The topological polar surface area (TPSA) is 47.1 Å². The number of hydrogen-bond donors (Lipinski definition) is 0. The second-order valence-corrected chi connectivity index (χ2v) is 8.40. The Balaban J connectivity index is 1.27. The van der Waals surface area contributed by atoms with Gasteiger partial charge in [0.05, 0.1) is 23.1 Å². The predicted molar refractivity (Wildman–Crippen MR) is 119 cm³/mol. The van der Waals surface area contributed by atoms with Crippen LogP contribution >= 0.6 is 0 Å². The maximum atomic E-state index is 5.79. The number of likely N-dealkylation sites (tertiary alicyclic amines) is 1. The number of imidazole rings is 1. The van der Waals surface area contributed by atoms with E-state index < -0.39 is 0 Å². The molecule has 3 heterocycles. The van der Waals surface area contributed by atoms with Gasteiger partial charge in [0.15, 0.2) is 0 Å². The zero-order valence-electron chi connectivity index (χ0n) is 17.6. The molecular weight excluding hydrogens is 372 g/mol. The van der Waals surface area contributed by atoms with Crippen LogP contribution in [0.2, 0.25) is 0 Å². The minimum Gasteiger partial charge on any atom is -0.444 e. The number of aryl methyl sites for hydroxylation is 1. The van der Waals surface area contributed by atoms with E-state index in [1.807, 2.05) is 12.6 Å². The van der Waals surface area contributed by atoms with E-state index in [4.69, 9.17) is 9.40 Å². The highest BCUT2D eigenvalue weighted by molar-refractivity contribution is 5.76. The van der Waals surface area contributed by atoms with E-state index in [0.717, 1.165) is 35.4 Å². The SMILES string of the molecule is Cc1ccc2c(c1)ncn2Cc1ccc(-c2nc(CN3CCCCCC3)co2)cc1. The highest BCUT2D eigenvalue weighted by Crippen LogP contribution is 2.22. The summed E-state index contributed by atoms with van der Waals surface area (Å²) in [7, 11) is 0. The molecular formula is C25H28N4O. The molecule has 1 fully saturated rings. The normalized spacial score (nSPS) is 15.5. The zero-order valence-corrected chi connectivity index (χ0v) is 17.6. The number of fused-ring (bicyclic) bond motifs is 1. The Hall–Kier alpha value is -2.92. The average molecular weight is 401 g/mol. The minimum absolute atomic E-state index is 0.704. The van der Waals surface area contributed by atoms with E-state index in [1.54, 1.807) is 0 Å². The Morgan fingerprint density at radius 2 is 1.73 bits per heavy atom. The highest BCUT2D eigenvalue weighted by atomic mass is 16.3. The van der Waals surface area contributed by atoms with Crippen molar-refractivity contribution in [3.63, 3.8) is 0 Å². The van der Waals surface area contributed by atoms with Crippen molar-refractivity contribution in [2.45, 2.75) is 45.7 Å². The molecule has 0 aliphatic carbocycles. The van der Waals surface area contributed by atoms with Gasteiger partial charge in [-0.15, -0.1) is 0 Å². The fraction of sp³-hybridized carbons (Fsp3) is 0.360. The first kappa shape index (κ1) is 19.1. The smallest absolute Gasteiger partial charge is 0.226 e. The van der Waals surface area contributed by atoms with Crippen LogP contribution in [0.25, 0.3) is 22.5 Å². The standard InChI is InChI=1S/C25H28N4O/c1-19-6-11-24-23(14-19)26-18-29(24)15-20-7-9-21(10-8-20)25-27-22(17-30-25)16-28-12-4-2-3-5-13-28/h6-11,14,17-18H,2-5,12-13,15-16H2,1H3. The predicted octanol–water partition coefficient (Wildman–Crippen LogP) is 5.42. The van der Waals surface area contributed by atoms with Gasteiger partial charge in [0.1, 0.15) is 6.26 Å². The number of nitrogens with zero attached hydrogens (tertiary/aromatic N) is 4. The second kappa shape index (κ2) is 8.44. The van der Waals surface area contributed by atoms with E-state index in [2.05, 4.69) is 63.8 Å². The van der Waals surface area contributed by atoms with E-state index in [-0.39, 0.29) is 0 Å². The molecule has 0 amide bonds. The molecule has 1 saturated heterocycles. The Morgan fingerprint density at radius 1 is 0.933 bits per heavy atom. The molecule has 5 nitrogen and oxygen atoms in total. The van der Waals surface area contributed by atoms with Crippen LogP contribution in [0.3, 0.4) is 0 Å². The van der Waals surface area contributed by atoms with Crippen molar-refractivity contribution in [2.75, 3.05) is 13.1 Å². The van der Waals surface area contributed by atoms with Gasteiger partial charge in [-0.1, -0.05) is 31.0 Å². The van der Waals surface area contributed by atoms with E-state index in [9.17, 15) is 0 Å². The van der Waals surface area contributed by atoms with Gasteiger partial charge < -0.3 is 8.98 Å². The number of rotatable bonds is 5. The Kier molecular flexibility index (Phi) is 5.37. The minimum atomic E-state index is 0.704. The van der Waals surface area contributed by atoms with Crippen molar-refractivity contribution in [2.24, 2.45) is 0 Å². The Bertz CT molecular complexity index is 1120. The Labute approximate surface area is 177 Å². The first-order valence-electron chi connectivity index (χ1n) is 10.9. The Morgan fingerprint density at radius 3 is 2.53 bits per heavy atom. The van der Waals surface area contributed by atoms with Crippen molar-refractivity contribution in [1.82, 2.24) is 19.4 Å². The molecule has 1 aliphatic rings. The van der Waals surface area contributed by atoms with Crippen LogP contribution in [-0.2, 0) is 13.1 Å². The molecule has 1 aliphatic heterocycles. The summed E-state index contributed by atoms with van der Waals surface area (Å²) in [5.74, 6) is 0.704. The first-order valence-corrected chi connectivity index (χ1v) is 10.9. The van der Waals surface area contributed by atoms with Crippen LogP contribution in [0.1, 0.15) is 42.5 Å². The zero-order chi connectivity index (χ0) is 20.3. The van der Waals surface area contributed by atoms with Gasteiger partial charge in [0.25, 0.3) is 0 Å². The van der Waals surface area contributed by atoms with Gasteiger partial charge in [-0.25, -0.2) is 9.97 Å². The summed E-state index contributed by atoms with van der Waals surface area (Å²) in [5, 5.41) is 0. The number of oxazole rings is 1. The molecule has 0 radical (unpaired) electrons. The van der Waals surface area contributed by atoms with Gasteiger partial charge >= 0.3 is 0 Å². The molecule has 4 aromatic rings. The molecule has 0 saturated carbocycles. The molecule has 0 spiro atoms. The lowest BCUT2D eigenvalue weighted by Crippen LogP contribution is -2.24. The quantitative estimate of drug-likeness (QED) is 0.448. The summed E-state index contributed by atoms with van der Waals surface area (Å²) in [6, 6.07) is 14.9. The van der Waals surface area contributed by atoms with Crippen molar-refractivity contribution in [1.29, 1.82) is 0 Å². The van der Waals surface area contributed by atoms with E-state index in [1.165, 1.54) is 49.9 Å². The lowest BCUT2D eigenvalue weighted by atomic mass is 10.1. The lowest BCUT2D eigenvalue weighted by Gasteiger charge is -2.17. The van der Waals surface area contributed by atoms with Gasteiger partial charge in [-0.2, -0.15) is 0 Å². The third-order valence-corrected chi connectivity index (χ3v) is 5.97. The highest BCUT2D eigenvalue weighted by Gasteiger charge is 2.13. The summed E-state index contributed by atoms with van der Waals surface area (Å²) in [6.07, 6.45) is 9.01. The average Bonchev–Trinajstić information content (AvgIpc) is 3.29. The fourth-order valence-electron chi connectivity index (χ4n) is 4.28. The van der Waals surface area contributed by atoms with E-state index >= 15 is 0 Å². The second-order valence-electron chi connectivity index (χ2n) is 8.40. The van der Waals surface area contributed by atoms with Crippen molar-refractivity contribution in [3.05, 3.63) is 71.9 Å². The van der Waals surface area contributed by atoms with Crippen LogP contribution in [0.5, 0.6) is 0 Å². The summed E-state index contributed by atoms with van der Waals surface area (Å²) in [5.41, 5.74) is 6.72. The van der Waals surface area contributed by atoms with Gasteiger partial charge in [0, 0.05) is 18.7 Å². The maximum Gasteiger partial charge on any atom is 0.226 e. The molecule has 0 atom stereocenters. The summed E-state index contributed by atoms with van der Waals surface area (Å²) in [6.45, 7) is 6.11. The molecule has 5 heteroatoms. The number of aromatic nitrogens is 3. The van der Waals surface area contributed by atoms with Gasteiger partial charge in [-0.05, 0) is 68.2 Å². The van der Waals surface area contributed by atoms with Crippen molar-refractivity contribution < 1.29 is 4.42 Å². The van der Waals surface area contributed by atoms with Crippen LogP contribution in [0, 0.1) is 6.92 Å². The molecule has 30 heavy (non-hydrogen) atoms. The summed E-state index contributed by atoms with van der Waals surface area (Å²) < 4.78 is 7.97. The van der Waals surface area contributed by atoms with Gasteiger partial charge in [-0.3, -0.25) is 4.90 Å². The number of benzene rings is 2. The lowest BCUT2D eigenvalue weighted by molar-refractivity contribution is 0.273. The van der Waals surface area contributed by atoms with E-state index in [0.29, 0.717) is 5.89 Å².